The van der Waals surface area contributed by atoms with Gasteiger partial charge in [-0.3, -0.25) is 4.79 Å². The van der Waals surface area contributed by atoms with Crippen LogP contribution in [0, 0.1) is 11.3 Å². The lowest BCUT2D eigenvalue weighted by Gasteiger charge is -2.19. The van der Waals surface area contributed by atoms with Crippen LogP contribution in [0.15, 0.2) is 0 Å². The Kier molecular flexibility index (Phi) is 15.8. The van der Waals surface area contributed by atoms with Gasteiger partial charge in [-0.25, -0.2) is 0 Å². The van der Waals surface area contributed by atoms with E-state index in [1.54, 1.807) is 6.92 Å². The van der Waals surface area contributed by atoms with Gasteiger partial charge in [0.1, 0.15) is 4.75 Å². The minimum absolute atomic E-state index is 0.0167. The molecule has 0 heterocycles. The summed E-state index contributed by atoms with van der Waals surface area (Å²) in [7, 11) is 2.88. The lowest BCUT2D eigenvalue weighted by atomic mass is 10.1. The highest BCUT2D eigenvalue weighted by Gasteiger charge is 2.26. The van der Waals surface area contributed by atoms with Crippen LogP contribution in [-0.2, 0) is 4.79 Å². The predicted octanol–water partition coefficient (Wildman–Crippen LogP) is 7.15. The maximum absolute atomic E-state index is 10.7. The van der Waals surface area contributed by atoms with Crippen LogP contribution in [0.4, 0.5) is 0 Å². The first kappa shape index (κ1) is 24.8. The zero-order chi connectivity index (χ0) is 19.0. The van der Waals surface area contributed by atoms with Crippen LogP contribution in [0.25, 0.3) is 0 Å². The van der Waals surface area contributed by atoms with Crippen molar-refractivity contribution in [3.63, 3.8) is 0 Å². The van der Waals surface area contributed by atoms with E-state index < -0.39 is 10.7 Å². The Morgan fingerprint density at radius 1 is 1.04 bits per heavy atom. The molecule has 0 aliphatic heterocycles. The molecule has 0 fully saturated rings. The number of carboxylic acids is 1. The van der Waals surface area contributed by atoms with Gasteiger partial charge in [-0.1, -0.05) is 87.7 Å². The molecule has 25 heavy (non-hydrogen) atoms. The second-order valence-electron chi connectivity index (χ2n) is 6.71. The number of thiocarbonyl (C=S) groups is 1. The molecule has 0 aromatic heterocycles. The molecule has 0 radical (unpaired) electrons. The number of carbonyl (C=O) groups is 1. The molecule has 0 rings (SSSR count). The highest BCUT2D eigenvalue weighted by atomic mass is 33.1. The fraction of sp³-hybridized carbons (Fsp3) is 0.842. The van der Waals surface area contributed by atoms with Gasteiger partial charge >= 0.3 is 5.97 Å². The zero-order valence-corrected chi connectivity index (χ0v) is 18.2. The summed E-state index contributed by atoms with van der Waals surface area (Å²) in [5.74, 6) is -0.861. The van der Waals surface area contributed by atoms with E-state index in [0.29, 0.717) is 6.42 Å². The molecule has 0 saturated carbocycles. The second-order valence-corrected chi connectivity index (χ2v) is 10.2. The lowest BCUT2D eigenvalue weighted by Crippen LogP contribution is -2.18. The minimum atomic E-state index is -0.861. The van der Waals surface area contributed by atoms with Gasteiger partial charge in [0.2, 0.25) is 0 Å². The van der Waals surface area contributed by atoms with Crippen molar-refractivity contribution in [3.05, 3.63) is 0 Å². The zero-order valence-electron chi connectivity index (χ0n) is 15.7. The van der Waals surface area contributed by atoms with E-state index in [-0.39, 0.29) is 6.42 Å². The van der Waals surface area contributed by atoms with Crippen molar-refractivity contribution in [1.82, 2.24) is 0 Å². The summed E-state index contributed by atoms with van der Waals surface area (Å²) in [5, 5.41) is 18.0. The van der Waals surface area contributed by atoms with Crippen LogP contribution in [0.5, 0.6) is 0 Å². The Hall–Kier alpha value is -0.250. The van der Waals surface area contributed by atoms with Gasteiger partial charge in [0.05, 0.1) is 10.3 Å². The minimum Gasteiger partial charge on any atom is -0.481 e. The van der Waals surface area contributed by atoms with Crippen molar-refractivity contribution in [1.29, 1.82) is 5.26 Å². The van der Waals surface area contributed by atoms with E-state index in [2.05, 4.69) is 13.0 Å². The molecule has 0 spiro atoms. The van der Waals surface area contributed by atoms with E-state index in [1.807, 2.05) is 0 Å². The first-order valence-electron chi connectivity index (χ1n) is 9.45. The molecule has 3 nitrogen and oxygen atoms in total. The molecule has 6 heteroatoms. The van der Waals surface area contributed by atoms with Crippen molar-refractivity contribution >= 4 is 44.0 Å². The molecule has 0 aliphatic rings. The molecular weight excluding hydrogens is 370 g/mol. The summed E-state index contributed by atoms with van der Waals surface area (Å²) in [6.45, 7) is 4.04. The number of hydrogen-bond acceptors (Lipinski definition) is 5. The van der Waals surface area contributed by atoms with Gasteiger partial charge in [-0.2, -0.15) is 5.26 Å². The van der Waals surface area contributed by atoms with Gasteiger partial charge in [0, 0.05) is 6.42 Å². The Bertz CT molecular complexity index is 423. The molecule has 0 aliphatic carbocycles. The van der Waals surface area contributed by atoms with Crippen molar-refractivity contribution in [2.24, 2.45) is 0 Å². The van der Waals surface area contributed by atoms with Crippen LogP contribution in [0.3, 0.4) is 0 Å². The van der Waals surface area contributed by atoms with E-state index in [0.717, 1.165) is 17.0 Å². The first-order valence-corrected chi connectivity index (χ1v) is 12.0. The smallest absolute Gasteiger partial charge is 0.303 e. The third-order valence-corrected chi connectivity index (χ3v) is 7.97. The van der Waals surface area contributed by atoms with Gasteiger partial charge < -0.3 is 5.11 Å². The Balaban J connectivity index is 3.63. The summed E-state index contributed by atoms with van der Waals surface area (Å²) < 4.78 is 0.228. The summed E-state index contributed by atoms with van der Waals surface area (Å²) in [4.78, 5) is 10.7. The second kappa shape index (κ2) is 16.0. The molecule has 0 amide bonds. The average molecular weight is 404 g/mol. The monoisotopic (exact) mass is 403 g/mol. The lowest BCUT2D eigenvalue weighted by molar-refractivity contribution is -0.137. The number of nitriles is 1. The highest BCUT2D eigenvalue weighted by Crippen LogP contribution is 2.40. The number of carboxylic acid groups (broad SMARTS) is 1. The number of aliphatic carboxylic acids is 1. The quantitative estimate of drug-likeness (QED) is 0.168. The first-order chi connectivity index (χ1) is 11.9. The van der Waals surface area contributed by atoms with E-state index >= 15 is 0 Å². The van der Waals surface area contributed by atoms with Crippen molar-refractivity contribution < 1.29 is 9.90 Å². The number of hydrogen-bond donors (Lipinski definition) is 1. The number of nitrogens with zero attached hydrogens (tertiary/aromatic N) is 1. The Morgan fingerprint density at radius 3 is 2.04 bits per heavy atom. The normalized spacial score (nSPS) is 13.2. The summed E-state index contributed by atoms with van der Waals surface area (Å²) in [5.41, 5.74) is 0. The van der Waals surface area contributed by atoms with Gasteiger partial charge in [-0.05, 0) is 37.0 Å². The molecule has 1 atom stereocenters. The van der Waals surface area contributed by atoms with E-state index in [4.69, 9.17) is 17.3 Å². The summed E-state index contributed by atoms with van der Waals surface area (Å²) in [6, 6.07) is 2.22. The Morgan fingerprint density at radius 2 is 1.56 bits per heavy atom. The topological polar surface area (TPSA) is 61.1 Å². The van der Waals surface area contributed by atoms with Crippen molar-refractivity contribution in [3.8, 4) is 6.07 Å². The van der Waals surface area contributed by atoms with E-state index in [1.165, 1.54) is 79.4 Å². The summed E-state index contributed by atoms with van der Waals surface area (Å²) in [6.07, 6.45) is 14.4. The molecule has 0 saturated heterocycles. The van der Waals surface area contributed by atoms with Crippen LogP contribution in [0.2, 0.25) is 0 Å². The van der Waals surface area contributed by atoms with Crippen LogP contribution >= 0.6 is 33.8 Å². The van der Waals surface area contributed by atoms with Crippen LogP contribution in [-0.4, -0.2) is 20.0 Å². The molecule has 1 N–H and O–H groups in total. The van der Waals surface area contributed by atoms with E-state index in [9.17, 15) is 10.1 Å². The third kappa shape index (κ3) is 15.7. The summed E-state index contributed by atoms with van der Waals surface area (Å²) >= 11 is 5.38. The van der Waals surface area contributed by atoms with Gasteiger partial charge in [0.25, 0.3) is 0 Å². The SMILES string of the molecule is CCCCCCCCCCCCC(=S)SSC(C)(C#N)CCC(=O)O. The van der Waals surface area contributed by atoms with Crippen LogP contribution < -0.4 is 0 Å². The van der Waals surface area contributed by atoms with Crippen molar-refractivity contribution in [2.75, 3.05) is 0 Å². The van der Waals surface area contributed by atoms with Gasteiger partial charge in [-0.15, -0.1) is 0 Å². The number of rotatable bonds is 16. The fourth-order valence-corrected chi connectivity index (χ4v) is 5.02. The van der Waals surface area contributed by atoms with Gasteiger partial charge in [0.15, 0.2) is 0 Å². The maximum Gasteiger partial charge on any atom is 0.303 e. The molecular formula is C19H33NO2S3. The molecule has 144 valence electrons. The average Bonchev–Trinajstić information content (AvgIpc) is 2.60. The highest BCUT2D eigenvalue weighted by molar-refractivity contribution is 8.84. The predicted molar refractivity (Wildman–Crippen MR) is 115 cm³/mol. The molecule has 0 aromatic rings. The third-order valence-electron chi connectivity index (χ3n) is 4.11. The van der Waals surface area contributed by atoms with Crippen LogP contribution in [0.1, 0.15) is 97.3 Å². The fourth-order valence-electron chi connectivity index (χ4n) is 2.40. The standard InChI is InChI=1S/C19H33NO2S3/c1-3-4-5-6-7-8-9-10-11-12-13-18(23)24-25-19(2,16-20)15-14-17(21)22/h3-15H2,1-2H3,(H,21,22). The molecule has 0 aromatic carbocycles. The van der Waals surface area contributed by atoms with Crippen molar-refractivity contribution in [2.45, 2.75) is 102 Å². The molecule has 1 unspecified atom stereocenters. The largest absolute Gasteiger partial charge is 0.481 e. The molecule has 0 bridgehead atoms. The maximum atomic E-state index is 10.7. The Labute approximate surface area is 167 Å². The number of unbranched alkanes of at least 4 members (excludes halogenated alkanes) is 9.